The van der Waals surface area contributed by atoms with E-state index in [-0.39, 0.29) is 11.5 Å². The molecule has 0 fully saturated rings. The lowest BCUT2D eigenvalue weighted by atomic mass is 10.2. The third-order valence-electron chi connectivity index (χ3n) is 2.44. The molecule has 0 aliphatic heterocycles. The number of nitrogens with zero attached hydrogens (tertiary/aromatic N) is 2. The summed E-state index contributed by atoms with van der Waals surface area (Å²) in [6.45, 7) is 0.625. The number of aryl methyl sites for hydroxylation is 1. The Morgan fingerprint density at radius 1 is 1.44 bits per heavy atom. The Hall–Kier alpha value is -1.95. The average Bonchev–Trinajstić information content (AvgIpc) is 2.78. The summed E-state index contributed by atoms with van der Waals surface area (Å²) in [5, 5.41) is 3.79. The van der Waals surface area contributed by atoms with Gasteiger partial charge >= 0.3 is 0 Å². The van der Waals surface area contributed by atoms with Crippen molar-refractivity contribution in [1.82, 2.24) is 10.1 Å². The molecule has 0 aliphatic carbocycles. The minimum absolute atomic E-state index is 0.167. The highest BCUT2D eigenvalue weighted by Crippen LogP contribution is 2.22. The van der Waals surface area contributed by atoms with E-state index in [4.69, 9.17) is 15.0 Å². The Bertz CT molecular complexity index is 528. The Morgan fingerprint density at radius 2 is 2.28 bits per heavy atom. The van der Waals surface area contributed by atoms with Crippen LogP contribution in [0.1, 0.15) is 12.2 Å². The minimum Gasteiger partial charge on any atom is -0.399 e. The summed E-state index contributed by atoms with van der Waals surface area (Å²) in [6, 6.07) is 4.34. The molecule has 6 heteroatoms. The Labute approximate surface area is 104 Å². The number of aromatic nitrogens is 2. The summed E-state index contributed by atoms with van der Waals surface area (Å²) in [5.41, 5.74) is 6.09. The predicted octanol–water partition coefficient (Wildman–Crippen LogP) is 2.04. The van der Waals surface area contributed by atoms with Gasteiger partial charge in [0.25, 0.3) is 5.89 Å². The third-order valence-corrected chi connectivity index (χ3v) is 2.44. The van der Waals surface area contributed by atoms with Gasteiger partial charge in [-0.05, 0) is 24.6 Å². The van der Waals surface area contributed by atoms with Crippen LogP contribution in [0.4, 0.5) is 10.1 Å². The van der Waals surface area contributed by atoms with Gasteiger partial charge in [-0.25, -0.2) is 4.39 Å². The molecule has 0 atom stereocenters. The van der Waals surface area contributed by atoms with Crippen LogP contribution in [0.25, 0.3) is 11.5 Å². The summed E-state index contributed by atoms with van der Waals surface area (Å²) >= 11 is 0. The zero-order valence-corrected chi connectivity index (χ0v) is 10.0. The molecule has 0 saturated heterocycles. The van der Waals surface area contributed by atoms with Gasteiger partial charge in [0.05, 0.1) is 5.56 Å². The number of anilines is 1. The van der Waals surface area contributed by atoms with Crippen molar-refractivity contribution in [2.24, 2.45) is 0 Å². The summed E-state index contributed by atoms with van der Waals surface area (Å²) in [7, 11) is 1.63. The van der Waals surface area contributed by atoms with E-state index in [1.807, 2.05) is 0 Å². The Kier molecular flexibility index (Phi) is 3.88. The number of rotatable bonds is 5. The number of ether oxygens (including phenoxy) is 1. The van der Waals surface area contributed by atoms with Gasteiger partial charge in [-0.1, -0.05) is 5.16 Å². The molecule has 0 bridgehead atoms. The van der Waals surface area contributed by atoms with Crippen LogP contribution in [0, 0.1) is 5.82 Å². The highest BCUT2D eigenvalue weighted by atomic mass is 19.1. The van der Waals surface area contributed by atoms with Gasteiger partial charge in [0.1, 0.15) is 5.82 Å². The summed E-state index contributed by atoms with van der Waals surface area (Å²) < 4.78 is 23.6. The molecule has 0 saturated carbocycles. The molecule has 5 nitrogen and oxygen atoms in total. The molecule has 0 spiro atoms. The molecule has 1 aromatic heterocycles. The van der Waals surface area contributed by atoms with Crippen molar-refractivity contribution in [3.8, 4) is 11.5 Å². The lowest BCUT2D eigenvalue weighted by molar-refractivity contribution is 0.194. The maximum absolute atomic E-state index is 13.6. The minimum atomic E-state index is -0.470. The van der Waals surface area contributed by atoms with Gasteiger partial charge in [0.2, 0.25) is 0 Å². The number of nitrogens with two attached hydrogens (primary N) is 1. The number of hydrogen-bond donors (Lipinski definition) is 1. The van der Waals surface area contributed by atoms with Gasteiger partial charge in [0.15, 0.2) is 5.82 Å². The molecule has 0 unspecified atom stereocenters. The van der Waals surface area contributed by atoms with Crippen molar-refractivity contribution in [1.29, 1.82) is 0 Å². The van der Waals surface area contributed by atoms with Crippen LogP contribution in [0.3, 0.4) is 0 Å². The number of methoxy groups -OCH3 is 1. The van der Waals surface area contributed by atoms with Crippen LogP contribution in [-0.4, -0.2) is 23.9 Å². The molecule has 18 heavy (non-hydrogen) atoms. The van der Waals surface area contributed by atoms with E-state index in [0.717, 1.165) is 6.42 Å². The first kappa shape index (κ1) is 12.5. The van der Waals surface area contributed by atoms with E-state index in [9.17, 15) is 4.39 Å². The van der Waals surface area contributed by atoms with Crippen molar-refractivity contribution in [2.45, 2.75) is 12.8 Å². The second kappa shape index (κ2) is 5.59. The monoisotopic (exact) mass is 251 g/mol. The second-order valence-corrected chi connectivity index (χ2v) is 3.85. The molecule has 0 amide bonds. The topological polar surface area (TPSA) is 74.2 Å². The average molecular weight is 251 g/mol. The maximum Gasteiger partial charge on any atom is 0.260 e. The molecular formula is C12H14FN3O2. The van der Waals surface area contributed by atoms with E-state index >= 15 is 0 Å². The molecule has 1 heterocycles. The Morgan fingerprint density at radius 3 is 3.00 bits per heavy atom. The lowest BCUT2D eigenvalue weighted by Crippen LogP contribution is -1.94. The molecule has 0 radical (unpaired) electrons. The normalized spacial score (nSPS) is 10.8. The van der Waals surface area contributed by atoms with Gasteiger partial charge in [-0.15, -0.1) is 0 Å². The fourth-order valence-corrected chi connectivity index (χ4v) is 1.54. The molecule has 2 rings (SSSR count). The van der Waals surface area contributed by atoms with E-state index < -0.39 is 5.82 Å². The smallest absolute Gasteiger partial charge is 0.260 e. The number of benzene rings is 1. The van der Waals surface area contributed by atoms with Crippen LogP contribution < -0.4 is 5.73 Å². The molecule has 2 aromatic rings. The van der Waals surface area contributed by atoms with Gasteiger partial charge < -0.3 is 15.0 Å². The zero-order chi connectivity index (χ0) is 13.0. The number of halogens is 1. The maximum atomic E-state index is 13.6. The standard InChI is InChI=1S/C12H14FN3O2/c1-17-6-2-3-11-15-12(18-16-11)9-5-4-8(14)7-10(9)13/h4-5,7H,2-3,6,14H2,1H3. The third kappa shape index (κ3) is 2.84. The van der Waals surface area contributed by atoms with E-state index in [0.29, 0.717) is 24.5 Å². The van der Waals surface area contributed by atoms with Crippen molar-refractivity contribution in [3.63, 3.8) is 0 Å². The summed E-state index contributed by atoms with van der Waals surface area (Å²) in [5.74, 6) is 0.236. The van der Waals surface area contributed by atoms with Crippen LogP contribution >= 0.6 is 0 Å². The molecule has 2 N–H and O–H groups in total. The number of nitrogen functional groups attached to an aromatic ring is 1. The van der Waals surface area contributed by atoms with Crippen molar-refractivity contribution < 1.29 is 13.7 Å². The summed E-state index contributed by atoms with van der Waals surface area (Å²) in [4.78, 5) is 4.13. The first-order valence-electron chi connectivity index (χ1n) is 5.57. The van der Waals surface area contributed by atoms with Crippen molar-refractivity contribution in [3.05, 3.63) is 29.8 Å². The first-order chi connectivity index (χ1) is 8.70. The van der Waals surface area contributed by atoms with Crippen molar-refractivity contribution >= 4 is 5.69 Å². The number of hydrogen-bond acceptors (Lipinski definition) is 5. The zero-order valence-electron chi connectivity index (χ0n) is 10.0. The van der Waals surface area contributed by atoms with E-state index in [1.54, 1.807) is 13.2 Å². The van der Waals surface area contributed by atoms with Gasteiger partial charge in [-0.2, -0.15) is 4.98 Å². The Balaban J connectivity index is 2.13. The highest BCUT2D eigenvalue weighted by Gasteiger charge is 2.13. The lowest BCUT2D eigenvalue weighted by Gasteiger charge is -1.98. The predicted molar refractivity (Wildman–Crippen MR) is 64.3 cm³/mol. The highest BCUT2D eigenvalue weighted by molar-refractivity contribution is 5.58. The van der Waals surface area contributed by atoms with Gasteiger partial charge in [-0.3, -0.25) is 0 Å². The summed E-state index contributed by atoms with van der Waals surface area (Å²) in [6.07, 6.45) is 1.42. The largest absolute Gasteiger partial charge is 0.399 e. The molecular weight excluding hydrogens is 237 g/mol. The molecule has 96 valence electrons. The SMILES string of the molecule is COCCCc1noc(-c2ccc(N)cc2F)n1. The fraction of sp³-hybridized carbons (Fsp3) is 0.333. The van der Waals surface area contributed by atoms with Crippen LogP contribution in [-0.2, 0) is 11.2 Å². The second-order valence-electron chi connectivity index (χ2n) is 3.85. The molecule has 0 aliphatic rings. The van der Waals surface area contributed by atoms with Crippen LogP contribution in [0.2, 0.25) is 0 Å². The first-order valence-corrected chi connectivity index (χ1v) is 5.57. The van der Waals surface area contributed by atoms with Crippen LogP contribution in [0.5, 0.6) is 0 Å². The fourth-order valence-electron chi connectivity index (χ4n) is 1.54. The molecule has 1 aromatic carbocycles. The van der Waals surface area contributed by atoms with Crippen LogP contribution in [0.15, 0.2) is 22.7 Å². The quantitative estimate of drug-likeness (QED) is 0.650. The van der Waals surface area contributed by atoms with E-state index in [1.165, 1.54) is 12.1 Å². The van der Waals surface area contributed by atoms with E-state index in [2.05, 4.69) is 10.1 Å². The van der Waals surface area contributed by atoms with Gasteiger partial charge in [0, 0.05) is 25.8 Å². The van der Waals surface area contributed by atoms with Crippen molar-refractivity contribution in [2.75, 3.05) is 19.5 Å².